The molecule has 0 aliphatic heterocycles. The second-order valence-corrected chi connectivity index (χ2v) is 3.12. The van der Waals surface area contributed by atoms with Crippen LogP contribution in [0.3, 0.4) is 0 Å². The zero-order valence-electron chi connectivity index (χ0n) is 6.71. The standard InChI is InChI=1S/C9H10N2O/c10-8-4-6-2-1-3-7(6)5-9(8)11-12/h4-5H,1-3,10H2. The lowest BCUT2D eigenvalue weighted by Gasteiger charge is -2.01. The number of nitrogens with two attached hydrogens (primary N) is 1. The summed E-state index contributed by atoms with van der Waals surface area (Å²) < 4.78 is 0. The molecule has 0 atom stereocenters. The average Bonchev–Trinajstić information content (AvgIpc) is 2.49. The maximum Gasteiger partial charge on any atom is 0.131 e. The van der Waals surface area contributed by atoms with Crippen molar-refractivity contribution in [3.05, 3.63) is 28.2 Å². The van der Waals surface area contributed by atoms with E-state index in [9.17, 15) is 4.91 Å². The number of aryl methyl sites for hydroxylation is 2. The molecule has 0 bridgehead atoms. The Morgan fingerprint density at radius 3 is 2.58 bits per heavy atom. The van der Waals surface area contributed by atoms with Gasteiger partial charge in [0.25, 0.3) is 0 Å². The lowest BCUT2D eigenvalue weighted by Crippen LogP contribution is -1.89. The van der Waals surface area contributed by atoms with Crippen molar-refractivity contribution >= 4 is 11.4 Å². The smallest absolute Gasteiger partial charge is 0.131 e. The van der Waals surface area contributed by atoms with Gasteiger partial charge in [-0.1, -0.05) is 0 Å². The van der Waals surface area contributed by atoms with Gasteiger partial charge in [0.2, 0.25) is 0 Å². The van der Waals surface area contributed by atoms with Crippen molar-refractivity contribution in [2.45, 2.75) is 19.3 Å². The van der Waals surface area contributed by atoms with Gasteiger partial charge in [-0.05, 0) is 47.7 Å². The molecule has 0 amide bonds. The maximum atomic E-state index is 10.3. The van der Waals surface area contributed by atoms with Crippen LogP contribution in [-0.2, 0) is 12.8 Å². The maximum absolute atomic E-state index is 10.3. The van der Waals surface area contributed by atoms with E-state index < -0.39 is 0 Å². The fourth-order valence-electron chi connectivity index (χ4n) is 1.71. The third-order valence-corrected chi connectivity index (χ3v) is 2.34. The van der Waals surface area contributed by atoms with Gasteiger partial charge < -0.3 is 5.73 Å². The zero-order valence-corrected chi connectivity index (χ0v) is 6.71. The van der Waals surface area contributed by atoms with Gasteiger partial charge in [-0.3, -0.25) is 0 Å². The summed E-state index contributed by atoms with van der Waals surface area (Å²) in [5.74, 6) is 0. The van der Waals surface area contributed by atoms with Gasteiger partial charge in [0.15, 0.2) is 0 Å². The number of rotatable bonds is 1. The van der Waals surface area contributed by atoms with Crippen molar-refractivity contribution < 1.29 is 0 Å². The van der Waals surface area contributed by atoms with Crippen molar-refractivity contribution in [1.29, 1.82) is 0 Å². The van der Waals surface area contributed by atoms with Crippen LogP contribution in [0.25, 0.3) is 0 Å². The molecule has 2 rings (SSSR count). The Morgan fingerprint density at radius 2 is 1.92 bits per heavy atom. The Bertz CT molecular complexity index is 334. The monoisotopic (exact) mass is 162 g/mol. The van der Waals surface area contributed by atoms with E-state index in [1.165, 1.54) is 11.1 Å². The average molecular weight is 162 g/mol. The number of hydrogen-bond acceptors (Lipinski definition) is 3. The minimum atomic E-state index is 0.385. The molecule has 0 fully saturated rings. The first-order valence-corrected chi connectivity index (χ1v) is 4.06. The van der Waals surface area contributed by atoms with Gasteiger partial charge in [0.1, 0.15) is 5.69 Å². The van der Waals surface area contributed by atoms with Gasteiger partial charge in [-0.15, -0.1) is 4.91 Å². The lowest BCUT2D eigenvalue weighted by molar-refractivity contribution is 0.912. The molecule has 2 N–H and O–H groups in total. The molecule has 0 radical (unpaired) electrons. The summed E-state index contributed by atoms with van der Waals surface area (Å²) in [6.45, 7) is 0. The van der Waals surface area contributed by atoms with Crippen molar-refractivity contribution in [3.8, 4) is 0 Å². The number of hydrogen-bond donors (Lipinski definition) is 1. The van der Waals surface area contributed by atoms with E-state index in [-0.39, 0.29) is 0 Å². The fraction of sp³-hybridized carbons (Fsp3) is 0.333. The molecule has 3 heteroatoms. The Kier molecular flexibility index (Phi) is 1.57. The predicted molar refractivity (Wildman–Crippen MR) is 48.3 cm³/mol. The summed E-state index contributed by atoms with van der Waals surface area (Å²) in [5, 5.41) is 2.87. The molecule has 0 heterocycles. The molecule has 1 aromatic carbocycles. The topological polar surface area (TPSA) is 55.4 Å². The van der Waals surface area contributed by atoms with E-state index >= 15 is 0 Å². The summed E-state index contributed by atoms with van der Waals surface area (Å²) in [4.78, 5) is 10.3. The van der Waals surface area contributed by atoms with Gasteiger partial charge >= 0.3 is 0 Å². The third-order valence-electron chi connectivity index (χ3n) is 2.34. The van der Waals surface area contributed by atoms with Crippen molar-refractivity contribution in [3.63, 3.8) is 0 Å². The van der Waals surface area contributed by atoms with E-state index in [2.05, 4.69) is 5.18 Å². The lowest BCUT2D eigenvalue weighted by atomic mass is 10.1. The molecule has 1 aliphatic rings. The number of fused-ring (bicyclic) bond motifs is 1. The first-order chi connectivity index (χ1) is 5.81. The highest BCUT2D eigenvalue weighted by Gasteiger charge is 2.13. The summed E-state index contributed by atoms with van der Waals surface area (Å²) >= 11 is 0. The highest BCUT2D eigenvalue weighted by molar-refractivity contribution is 5.65. The third kappa shape index (κ3) is 0.978. The van der Waals surface area contributed by atoms with Crippen LogP contribution >= 0.6 is 0 Å². The van der Waals surface area contributed by atoms with Gasteiger partial charge in [-0.25, -0.2) is 0 Å². The molecule has 0 spiro atoms. The summed E-state index contributed by atoms with van der Waals surface area (Å²) in [6.07, 6.45) is 3.30. The molecular weight excluding hydrogens is 152 g/mol. The van der Waals surface area contributed by atoms with Crippen LogP contribution in [-0.4, -0.2) is 0 Å². The van der Waals surface area contributed by atoms with Crippen molar-refractivity contribution in [2.75, 3.05) is 5.73 Å². The van der Waals surface area contributed by atoms with Crippen LogP contribution in [0.5, 0.6) is 0 Å². The first kappa shape index (κ1) is 7.28. The van der Waals surface area contributed by atoms with Crippen LogP contribution in [0, 0.1) is 4.91 Å². The van der Waals surface area contributed by atoms with E-state index in [4.69, 9.17) is 5.73 Å². The molecule has 62 valence electrons. The molecule has 1 aromatic rings. The van der Waals surface area contributed by atoms with E-state index in [1.807, 2.05) is 12.1 Å². The van der Waals surface area contributed by atoms with Crippen LogP contribution in [0.1, 0.15) is 17.5 Å². The van der Waals surface area contributed by atoms with Crippen LogP contribution in [0.4, 0.5) is 11.4 Å². The quantitative estimate of drug-likeness (QED) is 0.508. The fourth-order valence-corrected chi connectivity index (χ4v) is 1.71. The second kappa shape index (κ2) is 2.59. The molecular formula is C9H10N2O. The first-order valence-electron chi connectivity index (χ1n) is 4.06. The Hall–Kier alpha value is -1.38. The largest absolute Gasteiger partial charge is 0.397 e. The summed E-state index contributed by atoms with van der Waals surface area (Å²) in [6, 6.07) is 3.68. The van der Waals surface area contributed by atoms with Crippen LogP contribution in [0.2, 0.25) is 0 Å². The molecule has 1 aliphatic carbocycles. The minimum absolute atomic E-state index is 0.385. The SMILES string of the molecule is Nc1cc2c(cc1N=O)CCC2. The van der Waals surface area contributed by atoms with E-state index in [1.54, 1.807) is 0 Å². The second-order valence-electron chi connectivity index (χ2n) is 3.12. The summed E-state index contributed by atoms with van der Waals surface area (Å²) in [5.41, 5.74) is 9.01. The zero-order chi connectivity index (χ0) is 8.55. The molecule has 0 aromatic heterocycles. The molecule has 0 saturated heterocycles. The summed E-state index contributed by atoms with van der Waals surface area (Å²) in [7, 11) is 0. The van der Waals surface area contributed by atoms with Crippen molar-refractivity contribution in [1.82, 2.24) is 0 Å². The number of benzene rings is 1. The van der Waals surface area contributed by atoms with Gasteiger partial charge in [0.05, 0.1) is 5.69 Å². The Morgan fingerprint density at radius 1 is 1.25 bits per heavy atom. The Balaban J connectivity index is 2.56. The molecule has 0 saturated carbocycles. The molecule has 3 nitrogen and oxygen atoms in total. The van der Waals surface area contributed by atoms with Crippen LogP contribution in [0.15, 0.2) is 17.3 Å². The number of nitrogen functional groups attached to an aromatic ring is 1. The van der Waals surface area contributed by atoms with E-state index in [0.717, 1.165) is 19.3 Å². The number of nitroso groups, excluding NO2 is 1. The molecule has 12 heavy (non-hydrogen) atoms. The van der Waals surface area contributed by atoms with Gasteiger partial charge in [0, 0.05) is 0 Å². The van der Waals surface area contributed by atoms with Crippen LogP contribution < -0.4 is 5.73 Å². The Labute approximate surface area is 70.6 Å². The minimum Gasteiger partial charge on any atom is -0.397 e. The predicted octanol–water partition coefficient (Wildman–Crippen LogP) is 2.16. The highest BCUT2D eigenvalue weighted by Crippen LogP contribution is 2.31. The van der Waals surface area contributed by atoms with Crippen molar-refractivity contribution in [2.24, 2.45) is 5.18 Å². The van der Waals surface area contributed by atoms with E-state index in [0.29, 0.717) is 11.4 Å². The highest BCUT2D eigenvalue weighted by atomic mass is 16.3. The number of anilines is 1. The number of nitrogens with zero attached hydrogens (tertiary/aromatic N) is 1. The molecule has 0 unspecified atom stereocenters. The normalized spacial score (nSPS) is 14.3. The van der Waals surface area contributed by atoms with Gasteiger partial charge in [-0.2, -0.15) is 0 Å².